The van der Waals surface area contributed by atoms with Crippen LogP contribution in [0.3, 0.4) is 0 Å². The minimum atomic E-state index is -4.91. The summed E-state index contributed by atoms with van der Waals surface area (Å²) in [6.45, 7) is -0.318. The fourth-order valence-electron chi connectivity index (χ4n) is 4.89. The summed E-state index contributed by atoms with van der Waals surface area (Å²) in [5, 5.41) is 12.8. The number of hydrogen-bond acceptors (Lipinski definition) is 5. The third kappa shape index (κ3) is 3.61. The van der Waals surface area contributed by atoms with E-state index in [1.54, 1.807) is 0 Å². The predicted molar refractivity (Wildman–Crippen MR) is 107 cm³/mol. The number of fused-ring (bicyclic) bond motifs is 5. The number of halogens is 4. The molecule has 1 aromatic carbocycles. The van der Waals surface area contributed by atoms with Crippen molar-refractivity contribution in [3.05, 3.63) is 62.8 Å². The average Bonchev–Trinajstić information content (AvgIpc) is 3.15. The molecule has 3 atom stereocenters. The highest BCUT2D eigenvalue weighted by Crippen LogP contribution is 2.38. The van der Waals surface area contributed by atoms with E-state index < -0.39 is 58.9 Å². The van der Waals surface area contributed by atoms with Crippen LogP contribution in [0.15, 0.2) is 29.2 Å². The molecule has 34 heavy (non-hydrogen) atoms. The van der Waals surface area contributed by atoms with Crippen LogP contribution < -0.4 is 10.7 Å². The number of pyridine rings is 1. The van der Waals surface area contributed by atoms with Gasteiger partial charge in [0, 0.05) is 18.8 Å². The summed E-state index contributed by atoms with van der Waals surface area (Å²) in [4.78, 5) is 39.9. The molecule has 1 saturated carbocycles. The van der Waals surface area contributed by atoms with E-state index in [2.05, 4.69) is 5.32 Å². The summed E-state index contributed by atoms with van der Waals surface area (Å²) >= 11 is 0. The van der Waals surface area contributed by atoms with Crippen molar-refractivity contribution in [1.82, 2.24) is 14.8 Å². The molecule has 180 valence electrons. The lowest BCUT2D eigenvalue weighted by atomic mass is 10.1. The van der Waals surface area contributed by atoms with E-state index >= 15 is 0 Å². The minimum Gasteiger partial charge on any atom is -0.503 e. The number of aromatic hydroxyl groups is 1. The van der Waals surface area contributed by atoms with Crippen LogP contribution in [0.5, 0.6) is 5.75 Å². The molecule has 2 aromatic rings. The molecular formula is C22H19F4N3O5. The minimum absolute atomic E-state index is 0.0219. The fourth-order valence-corrected chi connectivity index (χ4v) is 4.89. The van der Waals surface area contributed by atoms with Gasteiger partial charge in [0.2, 0.25) is 5.43 Å². The smallest absolute Gasteiger partial charge is 0.419 e. The summed E-state index contributed by atoms with van der Waals surface area (Å²) < 4.78 is 59.4. The van der Waals surface area contributed by atoms with Gasteiger partial charge in [-0.2, -0.15) is 13.2 Å². The van der Waals surface area contributed by atoms with Gasteiger partial charge in [-0.15, -0.1) is 0 Å². The maximum absolute atomic E-state index is 13.5. The molecule has 2 N–H and O–H groups in total. The van der Waals surface area contributed by atoms with E-state index in [1.165, 1.54) is 9.47 Å². The Labute approximate surface area is 189 Å². The van der Waals surface area contributed by atoms with Gasteiger partial charge in [0.25, 0.3) is 11.8 Å². The molecule has 1 saturated heterocycles. The highest BCUT2D eigenvalue weighted by molar-refractivity contribution is 5.99. The van der Waals surface area contributed by atoms with Crippen molar-refractivity contribution in [2.45, 2.75) is 56.9 Å². The number of aromatic nitrogens is 1. The fraction of sp³-hybridized carbons (Fsp3) is 0.409. The SMILES string of the molecule is O=C(NCc1ccc(F)c(C(F)(F)F)c1)c1cn2c(c(O)c1=O)C(=O)N1[C@@H]3CC[C@@H](C3)O[C@H]1C2. The van der Waals surface area contributed by atoms with Crippen LogP contribution in [-0.2, 0) is 24.0 Å². The molecule has 0 radical (unpaired) electrons. The van der Waals surface area contributed by atoms with Gasteiger partial charge in [-0.3, -0.25) is 14.4 Å². The van der Waals surface area contributed by atoms with Gasteiger partial charge in [0.1, 0.15) is 11.4 Å². The van der Waals surface area contributed by atoms with Gasteiger partial charge in [-0.25, -0.2) is 4.39 Å². The van der Waals surface area contributed by atoms with Gasteiger partial charge >= 0.3 is 6.18 Å². The number of ether oxygens (including phenoxy) is 1. The number of carbonyl (C=O) groups is 2. The van der Waals surface area contributed by atoms with Gasteiger partial charge in [0.05, 0.1) is 18.2 Å². The van der Waals surface area contributed by atoms with Crippen LogP contribution in [0.4, 0.5) is 17.6 Å². The van der Waals surface area contributed by atoms with Crippen molar-refractivity contribution in [2.24, 2.45) is 0 Å². The molecule has 0 unspecified atom stereocenters. The lowest BCUT2D eigenvalue weighted by molar-refractivity contribution is -0.140. The van der Waals surface area contributed by atoms with Crippen LogP contribution >= 0.6 is 0 Å². The van der Waals surface area contributed by atoms with Crippen LogP contribution in [0, 0.1) is 5.82 Å². The number of nitrogens with zero attached hydrogens (tertiary/aromatic N) is 2. The second-order valence-corrected chi connectivity index (χ2v) is 8.61. The van der Waals surface area contributed by atoms with E-state index in [0.29, 0.717) is 18.6 Å². The first-order valence-corrected chi connectivity index (χ1v) is 10.6. The van der Waals surface area contributed by atoms with Crippen molar-refractivity contribution in [1.29, 1.82) is 0 Å². The third-order valence-corrected chi connectivity index (χ3v) is 6.49. The van der Waals surface area contributed by atoms with Crippen molar-refractivity contribution < 1.29 is 37.0 Å². The summed E-state index contributed by atoms with van der Waals surface area (Å²) in [6.07, 6.45) is -2.09. The molecule has 3 heterocycles. The summed E-state index contributed by atoms with van der Waals surface area (Å²) in [5.74, 6) is -3.85. The van der Waals surface area contributed by atoms with Gasteiger partial charge in [-0.05, 0) is 37.0 Å². The molecule has 3 aliphatic rings. The molecule has 1 aromatic heterocycles. The number of alkyl halides is 3. The van der Waals surface area contributed by atoms with E-state index in [1.807, 2.05) is 0 Å². The molecule has 2 aliphatic heterocycles. The monoisotopic (exact) mass is 481 g/mol. The number of amides is 2. The zero-order valence-corrected chi connectivity index (χ0v) is 17.6. The number of nitrogens with one attached hydrogen (secondary N) is 1. The largest absolute Gasteiger partial charge is 0.503 e. The van der Waals surface area contributed by atoms with Crippen molar-refractivity contribution >= 4 is 11.8 Å². The molecule has 0 spiro atoms. The van der Waals surface area contributed by atoms with E-state index in [-0.39, 0.29) is 29.9 Å². The standard InChI is InChI=1S/C22H19F4N3O5/c23-15-4-1-10(5-14(15)22(24,25)26)7-27-20(32)13-8-28-9-16-29(11-2-3-12(6-11)34-16)21(33)17(28)19(31)18(13)30/h1,4-5,8,11-12,16,31H,2-3,6-7,9H2,(H,27,32)/t11-,12+,16+/m1/s1. The molecule has 2 amide bonds. The highest BCUT2D eigenvalue weighted by atomic mass is 19.4. The quantitative estimate of drug-likeness (QED) is 0.656. The van der Waals surface area contributed by atoms with Crippen molar-refractivity contribution in [3.8, 4) is 5.75 Å². The Morgan fingerprint density at radius 3 is 2.74 bits per heavy atom. The van der Waals surface area contributed by atoms with Gasteiger partial charge in [0.15, 0.2) is 17.7 Å². The van der Waals surface area contributed by atoms with E-state index in [0.717, 1.165) is 25.1 Å². The molecule has 12 heteroatoms. The second-order valence-electron chi connectivity index (χ2n) is 8.61. The Bertz CT molecular complexity index is 1260. The lowest BCUT2D eigenvalue weighted by Gasteiger charge is -2.44. The van der Waals surface area contributed by atoms with E-state index in [9.17, 15) is 37.1 Å². The highest BCUT2D eigenvalue weighted by Gasteiger charge is 2.47. The maximum Gasteiger partial charge on any atom is 0.419 e. The summed E-state index contributed by atoms with van der Waals surface area (Å²) in [6, 6.07) is 2.23. The Morgan fingerprint density at radius 2 is 2.00 bits per heavy atom. The Morgan fingerprint density at radius 1 is 1.24 bits per heavy atom. The Hall–Kier alpha value is -3.41. The number of carbonyl (C=O) groups excluding carboxylic acids is 2. The molecule has 2 fully saturated rings. The summed E-state index contributed by atoms with van der Waals surface area (Å²) in [5.41, 5.74) is -3.32. The number of benzene rings is 1. The first-order chi connectivity index (χ1) is 16.0. The number of hydrogen-bond donors (Lipinski definition) is 2. The zero-order chi connectivity index (χ0) is 24.4. The van der Waals surface area contributed by atoms with Crippen molar-refractivity contribution in [3.63, 3.8) is 0 Å². The van der Waals surface area contributed by atoms with E-state index in [4.69, 9.17) is 4.74 Å². The van der Waals surface area contributed by atoms with Crippen LogP contribution in [0.2, 0.25) is 0 Å². The van der Waals surface area contributed by atoms with Crippen LogP contribution in [0.1, 0.15) is 51.2 Å². The topological polar surface area (TPSA) is 101 Å². The second kappa shape index (κ2) is 7.83. The Balaban J connectivity index is 1.40. The first kappa shape index (κ1) is 22.4. The van der Waals surface area contributed by atoms with Gasteiger partial charge < -0.3 is 24.6 Å². The molecule has 1 aliphatic carbocycles. The first-order valence-electron chi connectivity index (χ1n) is 10.6. The van der Waals surface area contributed by atoms with Crippen molar-refractivity contribution in [2.75, 3.05) is 0 Å². The molecule has 8 nitrogen and oxygen atoms in total. The summed E-state index contributed by atoms with van der Waals surface area (Å²) in [7, 11) is 0. The zero-order valence-electron chi connectivity index (χ0n) is 17.6. The number of rotatable bonds is 3. The normalized spacial score (nSPS) is 23.5. The van der Waals surface area contributed by atoms with Crippen LogP contribution in [-0.4, -0.2) is 44.8 Å². The van der Waals surface area contributed by atoms with Gasteiger partial charge in [-0.1, -0.05) is 6.07 Å². The average molecular weight is 481 g/mol. The maximum atomic E-state index is 13.5. The molecular weight excluding hydrogens is 462 g/mol. The third-order valence-electron chi connectivity index (χ3n) is 6.49. The molecule has 5 rings (SSSR count). The van der Waals surface area contributed by atoms with Crippen LogP contribution in [0.25, 0.3) is 0 Å². The Kier molecular flexibility index (Phi) is 5.15. The predicted octanol–water partition coefficient (Wildman–Crippen LogP) is 2.38. The lowest BCUT2D eigenvalue weighted by Crippen LogP contribution is -2.57. The molecule has 2 bridgehead atoms.